The van der Waals surface area contributed by atoms with Crippen LogP contribution in [-0.4, -0.2) is 25.2 Å². The molecule has 0 N–H and O–H groups in total. The Kier molecular flexibility index (Phi) is 4.93. The van der Waals surface area contributed by atoms with E-state index in [4.69, 9.17) is 9.47 Å². The summed E-state index contributed by atoms with van der Waals surface area (Å²) in [5, 5.41) is 0. The van der Waals surface area contributed by atoms with Gasteiger partial charge in [-0.05, 0) is 43.9 Å². The van der Waals surface area contributed by atoms with Crippen LogP contribution in [-0.2, 0) is 19.1 Å². The summed E-state index contributed by atoms with van der Waals surface area (Å²) in [5.74, 6) is -0.416. The molecule has 0 spiro atoms. The normalized spacial score (nSPS) is 35.1. The van der Waals surface area contributed by atoms with E-state index in [0.29, 0.717) is 13.2 Å². The van der Waals surface area contributed by atoms with Crippen molar-refractivity contribution in [1.29, 1.82) is 0 Å². The zero-order chi connectivity index (χ0) is 17.4. The second-order valence-electron chi connectivity index (χ2n) is 7.32. The lowest BCUT2D eigenvalue weighted by molar-refractivity contribution is -0.195. The van der Waals surface area contributed by atoms with E-state index >= 15 is 0 Å². The fraction of sp³-hybridized carbons (Fsp3) is 0.789. The summed E-state index contributed by atoms with van der Waals surface area (Å²) in [6.45, 7) is 12.4. The largest absolute Gasteiger partial charge is 0.466 e. The van der Waals surface area contributed by atoms with E-state index in [9.17, 15) is 9.59 Å². The van der Waals surface area contributed by atoms with Gasteiger partial charge in [0.05, 0.1) is 24.0 Å². The van der Waals surface area contributed by atoms with Gasteiger partial charge in [0.25, 0.3) is 0 Å². The Morgan fingerprint density at radius 3 is 1.52 bits per heavy atom. The van der Waals surface area contributed by atoms with Crippen molar-refractivity contribution < 1.29 is 19.1 Å². The number of rotatable bonds is 6. The van der Waals surface area contributed by atoms with Crippen LogP contribution >= 0.6 is 0 Å². The Morgan fingerprint density at radius 2 is 1.26 bits per heavy atom. The van der Waals surface area contributed by atoms with Crippen LogP contribution in [0.3, 0.4) is 0 Å². The maximum atomic E-state index is 13.2. The fourth-order valence-electron chi connectivity index (χ4n) is 5.41. The summed E-state index contributed by atoms with van der Waals surface area (Å²) < 4.78 is 11.0. The van der Waals surface area contributed by atoms with E-state index in [0.717, 1.165) is 6.42 Å². The molecule has 2 aliphatic rings. The molecule has 130 valence electrons. The fourth-order valence-corrected chi connectivity index (χ4v) is 5.41. The number of esters is 2. The third-order valence-corrected chi connectivity index (χ3v) is 5.99. The molecular weight excluding hydrogens is 292 g/mol. The first-order valence-electron chi connectivity index (χ1n) is 8.84. The van der Waals surface area contributed by atoms with E-state index in [1.165, 1.54) is 0 Å². The van der Waals surface area contributed by atoms with Gasteiger partial charge < -0.3 is 9.47 Å². The van der Waals surface area contributed by atoms with Gasteiger partial charge >= 0.3 is 11.9 Å². The number of hydrogen-bond acceptors (Lipinski definition) is 4. The molecule has 4 unspecified atom stereocenters. The topological polar surface area (TPSA) is 52.6 Å². The maximum Gasteiger partial charge on any atom is 0.314 e. The molecule has 4 atom stereocenters. The van der Waals surface area contributed by atoms with Crippen molar-refractivity contribution in [3.8, 4) is 0 Å². The highest BCUT2D eigenvalue weighted by Crippen LogP contribution is 2.70. The van der Waals surface area contributed by atoms with Gasteiger partial charge in [-0.2, -0.15) is 0 Å². The van der Waals surface area contributed by atoms with Crippen LogP contribution in [0.25, 0.3) is 0 Å². The van der Waals surface area contributed by atoms with Crippen LogP contribution in [0.15, 0.2) is 12.2 Å². The molecule has 0 aromatic heterocycles. The molecule has 2 rings (SSSR count). The minimum Gasteiger partial charge on any atom is -0.466 e. The van der Waals surface area contributed by atoms with Gasteiger partial charge in [0.1, 0.15) is 0 Å². The summed E-state index contributed by atoms with van der Waals surface area (Å²) in [4.78, 5) is 26.3. The third-order valence-electron chi connectivity index (χ3n) is 5.99. The molecule has 0 heterocycles. The average molecular weight is 322 g/mol. The molecule has 4 heteroatoms. The molecule has 0 aromatic rings. The molecule has 0 saturated heterocycles. The number of fused-ring (bicyclic) bond motifs is 2. The van der Waals surface area contributed by atoms with E-state index in [-0.39, 0.29) is 35.6 Å². The smallest absolute Gasteiger partial charge is 0.314 e. The zero-order valence-corrected chi connectivity index (χ0v) is 15.2. The zero-order valence-electron chi connectivity index (χ0n) is 15.2. The van der Waals surface area contributed by atoms with Gasteiger partial charge in [-0.15, -0.1) is 0 Å². The van der Waals surface area contributed by atoms with E-state index < -0.39 is 10.8 Å². The van der Waals surface area contributed by atoms with Crippen molar-refractivity contribution in [2.24, 2.45) is 34.5 Å². The number of hydrogen-bond donors (Lipinski definition) is 0. The molecule has 0 radical (unpaired) electrons. The maximum absolute atomic E-state index is 13.2. The molecule has 2 bridgehead atoms. The lowest BCUT2D eigenvalue weighted by Gasteiger charge is -2.52. The third kappa shape index (κ3) is 2.10. The number of carbonyl (C=O) groups excluding carboxylic acids is 2. The van der Waals surface area contributed by atoms with Crippen molar-refractivity contribution in [2.45, 2.75) is 48.0 Å². The van der Waals surface area contributed by atoms with Crippen molar-refractivity contribution >= 4 is 11.9 Å². The quantitative estimate of drug-likeness (QED) is 0.554. The molecule has 2 aliphatic carbocycles. The second kappa shape index (κ2) is 6.29. The van der Waals surface area contributed by atoms with Crippen LogP contribution in [0.1, 0.15) is 48.0 Å². The lowest BCUT2D eigenvalue weighted by atomic mass is 9.49. The molecular formula is C19H30O4. The summed E-state index contributed by atoms with van der Waals surface area (Å²) in [6, 6.07) is 0. The Morgan fingerprint density at radius 1 is 0.913 bits per heavy atom. The van der Waals surface area contributed by atoms with Crippen molar-refractivity contribution in [1.82, 2.24) is 0 Å². The number of carbonyl (C=O) groups is 2. The molecule has 4 nitrogen and oxygen atoms in total. The Hall–Kier alpha value is -1.32. The van der Waals surface area contributed by atoms with E-state index in [2.05, 4.69) is 12.2 Å². The van der Waals surface area contributed by atoms with Crippen molar-refractivity contribution in [3.63, 3.8) is 0 Å². The average Bonchev–Trinajstić information content (AvgIpc) is 3.05. The highest BCUT2D eigenvalue weighted by Gasteiger charge is 2.76. The van der Waals surface area contributed by atoms with Crippen LogP contribution in [0.5, 0.6) is 0 Å². The first-order chi connectivity index (χ1) is 10.8. The minimum atomic E-state index is -0.844. The molecule has 1 saturated carbocycles. The Labute approximate surface area is 139 Å². The van der Waals surface area contributed by atoms with Crippen LogP contribution in [0.2, 0.25) is 0 Å². The highest BCUT2D eigenvalue weighted by atomic mass is 16.5. The van der Waals surface area contributed by atoms with Gasteiger partial charge in [0.2, 0.25) is 0 Å². The van der Waals surface area contributed by atoms with E-state index in [1.54, 1.807) is 0 Å². The second-order valence-corrected chi connectivity index (χ2v) is 7.32. The van der Waals surface area contributed by atoms with Crippen LogP contribution < -0.4 is 0 Å². The van der Waals surface area contributed by atoms with Gasteiger partial charge in [0.15, 0.2) is 0 Å². The van der Waals surface area contributed by atoms with Gasteiger partial charge in [0, 0.05) is 0 Å². The summed E-state index contributed by atoms with van der Waals surface area (Å²) in [6.07, 6.45) is 5.05. The summed E-state index contributed by atoms with van der Waals surface area (Å²) >= 11 is 0. The lowest BCUT2D eigenvalue weighted by Crippen LogP contribution is -2.61. The number of ether oxygens (including phenoxy) is 2. The number of allylic oxidation sites excluding steroid dienone is 2. The standard InChI is InChI=1S/C19H30O4/c1-7-22-16(20)18(12(3)4)14-9-10-15(11-14)19(18,13(5)6)17(21)23-8-2/h9-10,12-15H,7-8,11H2,1-6H3. The SMILES string of the molecule is CCOC(=O)C1(C(C)C)C2C=CC(C2)C1(C(=O)OCC)C(C)C. The van der Waals surface area contributed by atoms with Gasteiger partial charge in [-0.3, -0.25) is 9.59 Å². The van der Waals surface area contributed by atoms with Gasteiger partial charge in [-0.1, -0.05) is 39.8 Å². The molecule has 23 heavy (non-hydrogen) atoms. The van der Waals surface area contributed by atoms with Crippen molar-refractivity contribution in [3.05, 3.63) is 12.2 Å². The van der Waals surface area contributed by atoms with Gasteiger partial charge in [-0.25, -0.2) is 0 Å². The van der Waals surface area contributed by atoms with E-state index in [1.807, 2.05) is 41.5 Å². The highest BCUT2D eigenvalue weighted by molar-refractivity contribution is 5.91. The van der Waals surface area contributed by atoms with Crippen LogP contribution in [0.4, 0.5) is 0 Å². The summed E-state index contributed by atoms with van der Waals surface area (Å²) in [5.41, 5.74) is -1.69. The molecule has 1 fully saturated rings. The monoisotopic (exact) mass is 322 g/mol. The predicted octanol–water partition coefficient (Wildman–Crippen LogP) is 3.60. The molecule has 0 aliphatic heterocycles. The predicted molar refractivity (Wildman–Crippen MR) is 88.5 cm³/mol. The first-order valence-corrected chi connectivity index (χ1v) is 8.84. The summed E-state index contributed by atoms with van der Waals surface area (Å²) in [7, 11) is 0. The molecule has 0 aromatic carbocycles. The van der Waals surface area contributed by atoms with Crippen molar-refractivity contribution in [2.75, 3.05) is 13.2 Å². The minimum absolute atomic E-state index is 0.00620. The Bertz CT molecular complexity index is 463. The van der Waals surface area contributed by atoms with Crippen LogP contribution in [0, 0.1) is 34.5 Å². The Balaban J connectivity index is 2.71. The molecule has 0 amide bonds. The first kappa shape index (κ1) is 18.0.